The maximum Gasteiger partial charge on any atom is 0.320 e. The lowest BCUT2D eigenvalue weighted by atomic mass is 9.48. The van der Waals surface area contributed by atoms with Crippen molar-refractivity contribution < 1.29 is 24.9 Å². The van der Waals surface area contributed by atoms with Gasteiger partial charge in [-0.25, -0.2) is 0 Å². The highest BCUT2D eigenvalue weighted by atomic mass is 16.5. The van der Waals surface area contributed by atoms with Crippen LogP contribution in [-0.4, -0.2) is 69.6 Å². The maximum atomic E-state index is 12.0. The molecule has 4 aliphatic rings. The number of nitrogens with zero attached hydrogens (tertiary/aromatic N) is 1. The van der Waals surface area contributed by atoms with Crippen molar-refractivity contribution in [2.75, 3.05) is 13.6 Å². The topological polar surface area (TPSA) is 102 Å². The smallest absolute Gasteiger partial charge is 0.320 e. The molecule has 0 radical (unpaired) electrons. The van der Waals surface area contributed by atoms with Crippen LogP contribution in [-0.2, 0) is 16.6 Å². The fourth-order valence-corrected chi connectivity index (χ4v) is 6.32. The van der Waals surface area contributed by atoms with Gasteiger partial charge in [0, 0.05) is 17.6 Å². The van der Waals surface area contributed by atoms with Crippen LogP contribution in [0, 0.1) is 0 Å². The molecule has 4 N–H and O–H groups in total. The zero-order valence-electron chi connectivity index (χ0n) is 15.6. The van der Waals surface area contributed by atoms with E-state index in [1.54, 1.807) is 13.0 Å². The van der Waals surface area contributed by atoms with Gasteiger partial charge in [0.1, 0.15) is 12.1 Å². The molecule has 2 heterocycles. The van der Waals surface area contributed by atoms with E-state index in [4.69, 9.17) is 4.74 Å². The first-order valence-corrected chi connectivity index (χ1v) is 9.73. The molecule has 1 aromatic carbocycles. The number of likely N-dealkylation sites (N-methyl/N-ethyl adjacent to an activating group) is 1. The van der Waals surface area contributed by atoms with Gasteiger partial charge < -0.3 is 25.0 Å². The van der Waals surface area contributed by atoms with E-state index in [0.29, 0.717) is 18.6 Å². The molecule has 7 heteroatoms. The normalized spacial score (nSPS) is 40.2. The van der Waals surface area contributed by atoms with Crippen LogP contribution in [0.1, 0.15) is 37.3 Å². The lowest BCUT2D eigenvalue weighted by Crippen LogP contribution is -2.78. The fourth-order valence-electron chi connectivity index (χ4n) is 6.32. The first kappa shape index (κ1) is 17.3. The van der Waals surface area contributed by atoms with Crippen molar-refractivity contribution in [3.8, 4) is 11.5 Å². The van der Waals surface area contributed by atoms with E-state index in [-0.39, 0.29) is 17.8 Å². The Morgan fingerprint density at radius 3 is 2.93 bits per heavy atom. The van der Waals surface area contributed by atoms with Crippen molar-refractivity contribution in [1.29, 1.82) is 0 Å². The first-order valence-electron chi connectivity index (χ1n) is 9.73. The summed E-state index contributed by atoms with van der Waals surface area (Å²) in [6, 6.07) is 2.72. The molecule has 1 aromatic rings. The van der Waals surface area contributed by atoms with E-state index in [1.165, 1.54) is 0 Å². The van der Waals surface area contributed by atoms with Crippen molar-refractivity contribution in [2.45, 2.75) is 67.9 Å². The largest absolute Gasteiger partial charge is 0.504 e. The van der Waals surface area contributed by atoms with E-state index >= 15 is 0 Å². The van der Waals surface area contributed by atoms with Crippen LogP contribution in [0.3, 0.4) is 0 Å². The van der Waals surface area contributed by atoms with Crippen LogP contribution in [0.4, 0.5) is 0 Å². The summed E-state index contributed by atoms with van der Waals surface area (Å²) >= 11 is 0. The molecule has 6 atom stereocenters. The minimum atomic E-state index is -0.943. The van der Waals surface area contributed by atoms with Gasteiger partial charge in [-0.15, -0.1) is 0 Å². The third-order valence-electron chi connectivity index (χ3n) is 7.56. The van der Waals surface area contributed by atoms with Gasteiger partial charge in [0.05, 0.1) is 11.0 Å². The molecule has 2 fully saturated rings. The van der Waals surface area contributed by atoms with Crippen LogP contribution in [0.15, 0.2) is 12.1 Å². The van der Waals surface area contributed by atoms with Crippen LogP contribution in [0.5, 0.6) is 11.5 Å². The van der Waals surface area contributed by atoms with Gasteiger partial charge in [-0.1, -0.05) is 6.07 Å². The molecule has 1 saturated carbocycles. The molecule has 2 bridgehead atoms. The number of hydrogen-bond acceptors (Lipinski definition) is 6. The maximum absolute atomic E-state index is 12.0. The van der Waals surface area contributed by atoms with Crippen LogP contribution < -0.4 is 10.1 Å². The van der Waals surface area contributed by atoms with Crippen molar-refractivity contribution in [1.82, 2.24) is 10.2 Å². The van der Waals surface area contributed by atoms with Crippen LogP contribution >= 0.6 is 0 Å². The average molecular weight is 374 g/mol. The Hall–Kier alpha value is -1.83. The molecule has 1 saturated heterocycles. The Balaban J connectivity index is 1.68. The van der Waals surface area contributed by atoms with E-state index in [9.17, 15) is 20.1 Å². The summed E-state index contributed by atoms with van der Waals surface area (Å²) < 4.78 is 6.32. The zero-order chi connectivity index (χ0) is 19.1. The minimum Gasteiger partial charge on any atom is -0.504 e. The van der Waals surface area contributed by atoms with Crippen molar-refractivity contribution >= 4 is 5.97 Å². The number of benzene rings is 1. The molecule has 1 spiro atoms. The number of rotatable bonds is 3. The number of aliphatic carboxylic acids is 1. The van der Waals surface area contributed by atoms with Gasteiger partial charge in [0.15, 0.2) is 11.5 Å². The summed E-state index contributed by atoms with van der Waals surface area (Å²) in [4.78, 5) is 13.6. The van der Waals surface area contributed by atoms with Gasteiger partial charge in [0.25, 0.3) is 0 Å². The molecular formula is C20H26N2O5. The lowest BCUT2D eigenvalue weighted by molar-refractivity contribution is -0.187. The number of carbonyl (C=O) groups is 1. The van der Waals surface area contributed by atoms with E-state index in [2.05, 4.69) is 17.3 Å². The van der Waals surface area contributed by atoms with E-state index in [0.717, 1.165) is 30.5 Å². The van der Waals surface area contributed by atoms with Crippen molar-refractivity contribution in [3.63, 3.8) is 0 Å². The molecule has 0 aromatic heterocycles. The number of likely N-dealkylation sites (tertiary alicyclic amines) is 1. The number of carboxylic acid groups (broad SMARTS) is 1. The highest BCUT2D eigenvalue weighted by Gasteiger charge is 2.72. The third kappa shape index (κ3) is 1.94. The second-order valence-corrected chi connectivity index (χ2v) is 8.70. The number of aliphatic hydroxyl groups is 1. The molecule has 2 aliphatic carbocycles. The number of carboxylic acids is 1. The summed E-state index contributed by atoms with van der Waals surface area (Å²) in [7, 11) is 2.06. The summed E-state index contributed by atoms with van der Waals surface area (Å²) in [5.74, 6) is -0.324. The fraction of sp³-hybridized carbons (Fsp3) is 0.650. The van der Waals surface area contributed by atoms with Crippen molar-refractivity contribution in [3.05, 3.63) is 23.3 Å². The molecule has 0 amide bonds. The third-order valence-corrected chi connectivity index (χ3v) is 7.56. The summed E-state index contributed by atoms with van der Waals surface area (Å²) in [5, 5.41) is 35.0. The Morgan fingerprint density at radius 2 is 2.19 bits per heavy atom. The van der Waals surface area contributed by atoms with Crippen LogP contribution in [0.25, 0.3) is 0 Å². The Morgan fingerprint density at radius 1 is 1.41 bits per heavy atom. The number of nitrogens with one attached hydrogen (secondary N) is 1. The summed E-state index contributed by atoms with van der Waals surface area (Å²) in [6.07, 6.45) is 2.29. The van der Waals surface area contributed by atoms with E-state index < -0.39 is 29.1 Å². The number of ether oxygens (including phenoxy) is 1. The van der Waals surface area contributed by atoms with Gasteiger partial charge >= 0.3 is 5.97 Å². The Bertz CT molecular complexity index is 829. The minimum absolute atomic E-state index is 0.00168. The first-order chi connectivity index (χ1) is 12.8. The molecular weight excluding hydrogens is 348 g/mol. The predicted octanol–water partition coefficient (Wildman–Crippen LogP) is 0.607. The quantitative estimate of drug-likeness (QED) is 0.615. The SMILES string of the molecule is C[C@H](NC1CC[C@@]2(O)[C@H]3Cc4ccc(O)c5c4[C@@]2(CCN3C)C1O5)C(=O)O. The monoisotopic (exact) mass is 374 g/mol. The predicted molar refractivity (Wildman–Crippen MR) is 97.1 cm³/mol. The highest BCUT2D eigenvalue weighted by Crippen LogP contribution is 2.65. The average Bonchev–Trinajstić information content (AvgIpc) is 2.98. The van der Waals surface area contributed by atoms with Gasteiger partial charge in [-0.2, -0.15) is 0 Å². The van der Waals surface area contributed by atoms with Gasteiger partial charge in [-0.3, -0.25) is 10.1 Å². The highest BCUT2D eigenvalue weighted by molar-refractivity contribution is 5.73. The molecule has 7 nitrogen and oxygen atoms in total. The van der Waals surface area contributed by atoms with E-state index in [1.807, 2.05) is 6.07 Å². The summed E-state index contributed by atoms with van der Waals surface area (Å²) in [6.45, 7) is 2.46. The standard InChI is InChI=1S/C20H26N2O5/c1-10(18(24)25)21-12-5-6-20(26)14-9-11-3-4-13(23)16-15(11)19(20,17(12)27-16)7-8-22(14)2/h3-4,10,12,14,17,21,23,26H,5-9H2,1-2H3,(H,24,25)/t10-,12?,14+,17?,19-,20+/m0/s1. The molecule has 2 aliphatic heterocycles. The molecule has 146 valence electrons. The molecule has 27 heavy (non-hydrogen) atoms. The van der Waals surface area contributed by atoms with Gasteiger partial charge in [0.2, 0.25) is 0 Å². The Kier molecular flexibility index (Phi) is 3.44. The second kappa shape index (κ2) is 5.37. The lowest BCUT2D eigenvalue weighted by Gasteiger charge is -2.63. The Labute approximate surface area is 157 Å². The number of aromatic hydroxyl groups is 1. The number of phenolic OH excluding ortho intramolecular Hbond substituents is 1. The van der Waals surface area contributed by atoms with Gasteiger partial charge in [-0.05, 0) is 57.8 Å². The molecule has 2 unspecified atom stereocenters. The number of hydrogen-bond donors (Lipinski definition) is 4. The molecule has 5 rings (SSSR count). The zero-order valence-corrected chi connectivity index (χ0v) is 15.6. The van der Waals surface area contributed by atoms with Crippen LogP contribution in [0.2, 0.25) is 0 Å². The summed E-state index contributed by atoms with van der Waals surface area (Å²) in [5.41, 5.74) is 0.522. The second-order valence-electron chi connectivity index (χ2n) is 8.70. The number of piperidine rings is 1. The number of phenols is 1. The van der Waals surface area contributed by atoms with Crippen molar-refractivity contribution in [2.24, 2.45) is 0 Å².